The van der Waals surface area contributed by atoms with Gasteiger partial charge >= 0.3 is 0 Å². The Morgan fingerprint density at radius 3 is 3.31 bits per heavy atom. The lowest BCUT2D eigenvalue weighted by molar-refractivity contribution is 0.781. The third-order valence-electron chi connectivity index (χ3n) is 2.01. The monoisotopic (exact) mass is 194 g/mol. The number of H-pyrrole nitrogens is 1. The summed E-state index contributed by atoms with van der Waals surface area (Å²) in [6.07, 6.45) is 2.73. The average Bonchev–Trinajstić information content (AvgIpc) is 2.70. The molecule has 0 bridgehead atoms. The number of nitriles is 1. The predicted octanol–water partition coefficient (Wildman–Crippen LogP) is 1.44. The molecule has 68 valence electrons. The van der Waals surface area contributed by atoms with Gasteiger partial charge < -0.3 is 0 Å². The second-order valence-electron chi connectivity index (χ2n) is 2.98. The topological polar surface area (TPSA) is 65.4 Å². The zero-order valence-electron chi connectivity index (χ0n) is 7.16. The molecule has 1 aromatic rings. The minimum absolute atomic E-state index is 0.324. The van der Waals surface area contributed by atoms with Gasteiger partial charge in [-0.2, -0.15) is 22.1 Å². The maximum Gasteiger partial charge on any atom is 0.163 e. The summed E-state index contributed by atoms with van der Waals surface area (Å²) >= 11 is 1.90. The third kappa shape index (κ3) is 1.83. The van der Waals surface area contributed by atoms with Crippen LogP contribution in [-0.4, -0.2) is 20.9 Å². The Balaban J connectivity index is 2.08. The Morgan fingerprint density at radius 1 is 1.69 bits per heavy atom. The van der Waals surface area contributed by atoms with Gasteiger partial charge in [0.2, 0.25) is 0 Å². The van der Waals surface area contributed by atoms with E-state index in [0.717, 1.165) is 12.2 Å². The highest BCUT2D eigenvalue weighted by Gasteiger charge is 2.21. The molecule has 0 aromatic carbocycles. The Kier molecular flexibility index (Phi) is 2.50. The lowest BCUT2D eigenvalue weighted by atomic mass is 10.2. The largest absolute Gasteiger partial charge is 0.262 e. The van der Waals surface area contributed by atoms with Crippen LogP contribution in [0.4, 0.5) is 0 Å². The van der Waals surface area contributed by atoms with Crippen LogP contribution in [0, 0.1) is 11.3 Å². The quantitative estimate of drug-likeness (QED) is 0.773. The molecule has 13 heavy (non-hydrogen) atoms. The normalized spacial score (nSPS) is 21.6. The van der Waals surface area contributed by atoms with Crippen molar-refractivity contribution in [2.24, 2.45) is 0 Å². The van der Waals surface area contributed by atoms with Gasteiger partial charge in [0.25, 0.3) is 0 Å². The zero-order valence-corrected chi connectivity index (χ0v) is 7.97. The summed E-state index contributed by atoms with van der Waals surface area (Å²) in [4.78, 5) is 4.27. The van der Waals surface area contributed by atoms with E-state index in [1.807, 2.05) is 17.8 Å². The predicted molar refractivity (Wildman–Crippen MR) is 50.1 cm³/mol. The number of nitrogens with one attached hydrogen (secondary N) is 1. The number of aromatic amines is 1. The molecule has 2 rings (SSSR count). The molecule has 5 heteroatoms. The first kappa shape index (κ1) is 8.57. The van der Waals surface area contributed by atoms with E-state index in [1.54, 1.807) is 0 Å². The molecule has 1 aliphatic rings. The first-order valence-electron chi connectivity index (χ1n) is 4.30. The van der Waals surface area contributed by atoms with Gasteiger partial charge in [-0.05, 0) is 18.6 Å². The van der Waals surface area contributed by atoms with Crippen LogP contribution in [0.3, 0.4) is 0 Å². The lowest BCUT2D eigenvalue weighted by Gasteiger charge is -1.99. The first-order chi connectivity index (χ1) is 6.40. The van der Waals surface area contributed by atoms with Crippen molar-refractivity contribution in [1.29, 1.82) is 5.26 Å². The van der Waals surface area contributed by atoms with Crippen molar-refractivity contribution < 1.29 is 0 Å². The number of nitrogens with zero attached hydrogens (tertiary/aromatic N) is 3. The fourth-order valence-corrected chi connectivity index (χ4v) is 2.59. The van der Waals surface area contributed by atoms with Crippen LogP contribution in [0.25, 0.3) is 0 Å². The van der Waals surface area contributed by atoms with E-state index in [4.69, 9.17) is 5.26 Å². The molecule has 0 spiro atoms. The average molecular weight is 194 g/mol. The lowest BCUT2D eigenvalue weighted by Crippen LogP contribution is -1.91. The summed E-state index contributed by atoms with van der Waals surface area (Å²) in [5, 5.41) is 15.8. The van der Waals surface area contributed by atoms with Crippen LogP contribution in [0.1, 0.15) is 29.7 Å². The summed E-state index contributed by atoms with van der Waals surface area (Å²) in [6, 6.07) is 2.05. The molecule has 0 radical (unpaired) electrons. The van der Waals surface area contributed by atoms with Crippen molar-refractivity contribution in [3.63, 3.8) is 0 Å². The molecule has 0 aliphatic carbocycles. The van der Waals surface area contributed by atoms with E-state index in [2.05, 4.69) is 15.2 Å². The molecule has 1 fully saturated rings. The standard InChI is InChI=1S/C8H10N4S/c9-4-3-7-10-8(12-11-7)6-2-1-5-13-6/h6H,1-3,5H2,(H,10,11,12). The molecule has 2 heterocycles. The van der Waals surface area contributed by atoms with E-state index in [0.29, 0.717) is 17.5 Å². The number of hydrogen-bond acceptors (Lipinski definition) is 4. The molecule has 4 nitrogen and oxygen atoms in total. The van der Waals surface area contributed by atoms with Crippen LogP contribution < -0.4 is 0 Å². The Bertz CT molecular complexity index is 321. The van der Waals surface area contributed by atoms with Gasteiger partial charge in [-0.3, -0.25) is 5.10 Å². The molecule has 1 aromatic heterocycles. The van der Waals surface area contributed by atoms with Gasteiger partial charge in [0.15, 0.2) is 5.82 Å². The summed E-state index contributed by atoms with van der Waals surface area (Å²) < 4.78 is 0. The van der Waals surface area contributed by atoms with Crippen molar-refractivity contribution >= 4 is 11.8 Å². The maximum atomic E-state index is 8.45. The molecular formula is C8H10N4S. The van der Waals surface area contributed by atoms with Crippen molar-refractivity contribution in [2.45, 2.75) is 24.5 Å². The highest BCUT2D eigenvalue weighted by molar-refractivity contribution is 7.99. The Morgan fingerprint density at radius 2 is 2.62 bits per heavy atom. The molecule has 1 atom stereocenters. The first-order valence-corrected chi connectivity index (χ1v) is 5.35. The summed E-state index contributed by atoms with van der Waals surface area (Å²) in [6.45, 7) is 0. The molecule has 0 amide bonds. The Hall–Kier alpha value is -1.02. The molecule has 1 unspecified atom stereocenters. The smallest absolute Gasteiger partial charge is 0.163 e. The van der Waals surface area contributed by atoms with Crippen LogP contribution in [-0.2, 0) is 6.42 Å². The minimum Gasteiger partial charge on any atom is -0.262 e. The Labute approximate surface area is 80.7 Å². The van der Waals surface area contributed by atoms with Crippen molar-refractivity contribution in [3.8, 4) is 6.07 Å². The molecule has 1 saturated heterocycles. The van der Waals surface area contributed by atoms with Crippen LogP contribution in [0.2, 0.25) is 0 Å². The molecule has 1 N–H and O–H groups in total. The highest BCUT2D eigenvalue weighted by atomic mass is 32.2. The minimum atomic E-state index is 0.324. The van der Waals surface area contributed by atoms with E-state index in [-0.39, 0.29) is 0 Å². The maximum absolute atomic E-state index is 8.45. The van der Waals surface area contributed by atoms with Crippen molar-refractivity contribution in [1.82, 2.24) is 15.2 Å². The second kappa shape index (κ2) is 3.79. The fourth-order valence-electron chi connectivity index (χ4n) is 1.39. The highest BCUT2D eigenvalue weighted by Crippen LogP contribution is 2.37. The van der Waals surface area contributed by atoms with E-state index in [1.165, 1.54) is 12.2 Å². The van der Waals surface area contributed by atoms with Crippen LogP contribution >= 0.6 is 11.8 Å². The van der Waals surface area contributed by atoms with Gasteiger partial charge in [0.1, 0.15) is 5.82 Å². The van der Waals surface area contributed by atoms with Crippen LogP contribution in [0.15, 0.2) is 0 Å². The summed E-state index contributed by atoms with van der Waals surface area (Å²) in [7, 11) is 0. The van der Waals surface area contributed by atoms with Gasteiger partial charge in [-0.15, -0.1) is 0 Å². The number of thioether (sulfide) groups is 1. The zero-order chi connectivity index (χ0) is 9.10. The van der Waals surface area contributed by atoms with Gasteiger partial charge in [0, 0.05) is 0 Å². The molecule has 0 saturated carbocycles. The SMILES string of the molecule is N#CCc1nc(C2CCCS2)n[nH]1. The van der Waals surface area contributed by atoms with Crippen molar-refractivity contribution in [2.75, 3.05) is 5.75 Å². The number of rotatable bonds is 2. The summed E-state index contributed by atoms with van der Waals surface area (Å²) in [5.74, 6) is 2.75. The van der Waals surface area contributed by atoms with Crippen molar-refractivity contribution in [3.05, 3.63) is 11.6 Å². The van der Waals surface area contributed by atoms with Gasteiger partial charge in [0.05, 0.1) is 17.7 Å². The summed E-state index contributed by atoms with van der Waals surface area (Å²) in [5.41, 5.74) is 0. The van der Waals surface area contributed by atoms with Gasteiger partial charge in [-0.25, -0.2) is 4.98 Å². The van der Waals surface area contributed by atoms with E-state index < -0.39 is 0 Å². The third-order valence-corrected chi connectivity index (χ3v) is 3.39. The van der Waals surface area contributed by atoms with Crippen LogP contribution in [0.5, 0.6) is 0 Å². The van der Waals surface area contributed by atoms with Gasteiger partial charge in [-0.1, -0.05) is 0 Å². The molecule has 1 aliphatic heterocycles. The van der Waals surface area contributed by atoms with E-state index in [9.17, 15) is 0 Å². The van der Waals surface area contributed by atoms with E-state index >= 15 is 0 Å². The fraction of sp³-hybridized carbons (Fsp3) is 0.625. The second-order valence-corrected chi connectivity index (χ2v) is 4.29. The number of hydrogen-bond donors (Lipinski definition) is 1. The number of aromatic nitrogens is 3. The molecular weight excluding hydrogens is 184 g/mol.